The van der Waals surface area contributed by atoms with Gasteiger partial charge in [0.1, 0.15) is 5.75 Å². The van der Waals surface area contributed by atoms with Crippen molar-refractivity contribution < 1.29 is 13.9 Å². The van der Waals surface area contributed by atoms with Gasteiger partial charge in [0.2, 0.25) is 0 Å². The summed E-state index contributed by atoms with van der Waals surface area (Å²) in [7, 11) is 3.56. The number of furan rings is 1. The first-order valence-electron chi connectivity index (χ1n) is 9.30. The molecule has 2 aromatic rings. The lowest BCUT2D eigenvalue weighted by Crippen LogP contribution is -2.40. The average molecular weight is 356 g/mol. The third kappa shape index (κ3) is 4.88. The van der Waals surface area contributed by atoms with Crippen molar-refractivity contribution in [1.29, 1.82) is 0 Å². The maximum Gasteiger partial charge on any atom is 0.289 e. The SMILES string of the molecule is COc1ccc(CCN2CCC(CN(C)C(=O)c3ccco3)CC2)cc1. The summed E-state index contributed by atoms with van der Waals surface area (Å²) in [6.07, 6.45) is 4.88. The number of rotatable bonds is 7. The molecule has 0 unspecified atom stereocenters. The second kappa shape index (κ2) is 8.90. The predicted molar refractivity (Wildman–Crippen MR) is 102 cm³/mol. The van der Waals surface area contributed by atoms with Crippen molar-refractivity contribution >= 4 is 5.91 Å². The molecule has 1 fully saturated rings. The Kier molecular flexibility index (Phi) is 6.34. The molecule has 1 aromatic heterocycles. The van der Waals surface area contributed by atoms with Gasteiger partial charge >= 0.3 is 0 Å². The zero-order chi connectivity index (χ0) is 18.4. The quantitative estimate of drug-likeness (QED) is 0.763. The van der Waals surface area contributed by atoms with E-state index in [1.165, 1.54) is 5.56 Å². The Bertz CT molecular complexity index is 674. The third-order valence-corrected chi connectivity index (χ3v) is 5.19. The Hall–Kier alpha value is -2.27. The van der Waals surface area contributed by atoms with Crippen LogP contribution in [-0.2, 0) is 6.42 Å². The smallest absolute Gasteiger partial charge is 0.289 e. The topological polar surface area (TPSA) is 45.9 Å². The summed E-state index contributed by atoms with van der Waals surface area (Å²) in [4.78, 5) is 16.6. The van der Waals surface area contributed by atoms with Crippen LogP contribution in [-0.4, -0.2) is 56.0 Å². The molecule has 5 heteroatoms. The minimum absolute atomic E-state index is 0.0306. The molecule has 0 radical (unpaired) electrons. The number of hydrogen-bond donors (Lipinski definition) is 0. The Morgan fingerprint density at radius 3 is 2.58 bits per heavy atom. The molecule has 0 saturated carbocycles. The molecule has 1 amide bonds. The van der Waals surface area contributed by atoms with Gasteiger partial charge in [0.05, 0.1) is 13.4 Å². The van der Waals surface area contributed by atoms with E-state index in [0.717, 1.165) is 51.2 Å². The number of hydrogen-bond acceptors (Lipinski definition) is 4. The van der Waals surface area contributed by atoms with Crippen LogP contribution < -0.4 is 4.74 Å². The zero-order valence-corrected chi connectivity index (χ0v) is 15.7. The van der Waals surface area contributed by atoms with E-state index in [-0.39, 0.29) is 5.91 Å². The van der Waals surface area contributed by atoms with Gasteiger partial charge in [-0.05, 0) is 68.1 Å². The molecule has 0 bridgehead atoms. The second-order valence-electron chi connectivity index (χ2n) is 7.05. The molecule has 5 nitrogen and oxygen atoms in total. The highest BCUT2D eigenvalue weighted by molar-refractivity contribution is 5.91. The average Bonchev–Trinajstić information content (AvgIpc) is 3.22. The van der Waals surface area contributed by atoms with Crippen LogP contribution in [0.2, 0.25) is 0 Å². The summed E-state index contributed by atoms with van der Waals surface area (Å²) < 4.78 is 10.4. The summed E-state index contributed by atoms with van der Waals surface area (Å²) in [5, 5.41) is 0. The molecule has 26 heavy (non-hydrogen) atoms. The molecule has 3 rings (SSSR count). The molecule has 2 heterocycles. The number of piperidine rings is 1. The van der Waals surface area contributed by atoms with Crippen molar-refractivity contribution in [2.75, 3.05) is 40.3 Å². The number of likely N-dealkylation sites (tertiary alicyclic amines) is 1. The largest absolute Gasteiger partial charge is 0.497 e. The number of carbonyl (C=O) groups is 1. The molecule has 1 aromatic carbocycles. The second-order valence-corrected chi connectivity index (χ2v) is 7.05. The lowest BCUT2D eigenvalue weighted by Gasteiger charge is -2.33. The van der Waals surface area contributed by atoms with Crippen LogP contribution in [0.1, 0.15) is 29.0 Å². The number of benzene rings is 1. The number of ether oxygens (including phenoxy) is 1. The minimum atomic E-state index is -0.0306. The Labute approximate surface area is 155 Å². The lowest BCUT2D eigenvalue weighted by molar-refractivity contribution is 0.0709. The van der Waals surface area contributed by atoms with Gasteiger partial charge in [0.25, 0.3) is 5.91 Å². The summed E-state index contributed by atoms with van der Waals surface area (Å²) in [6.45, 7) is 4.08. The third-order valence-electron chi connectivity index (χ3n) is 5.19. The van der Waals surface area contributed by atoms with E-state index in [1.807, 2.05) is 19.2 Å². The van der Waals surface area contributed by atoms with Crippen LogP contribution in [0.5, 0.6) is 5.75 Å². The number of amides is 1. The van der Waals surface area contributed by atoms with Crippen LogP contribution in [0, 0.1) is 5.92 Å². The normalized spacial score (nSPS) is 15.8. The van der Waals surface area contributed by atoms with Crippen molar-refractivity contribution in [3.05, 3.63) is 54.0 Å². The summed E-state index contributed by atoms with van der Waals surface area (Å²) >= 11 is 0. The highest BCUT2D eigenvalue weighted by atomic mass is 16.5. The minimum Gasteiger partial charge on any atom is -0.497 e. The maximum atomic E-state index is 12.3. The van der Waals surface area contributed by atoms with Gasteiger partial charge < -0.3 is 19.0 Å². The van der Waals surface area contributed by atoms with Gasteiger partial charge in [-0.25, -0.2) is 0 Å². The molecular formula is C21H28N2O3. The van der Waals surface area contributed by atoms with Gasteiger partial charge in [0.15, 0.2) is 5.76 Å². The Balaban J connectivity index is 1.39. The number of nitrogens with zero attached hydrogens (tertiary/aromatic N) is 2. The van der Waals surface area contributed by atoms with E-state index in [4.69, 9.17) is 9.15 Å². The van der Waals surface area contributed by atoms with Crippen molar-refractivity contribution in [1.82, 2.24) is 9.80 Å². The van der Waals surface area contributed by atoms with E-state index in [0.29, 0.717) is 11.7 Å². The Morgan fingerprint density at radius 1 is 1.23 bits per heavy atom. The van der Waals surface area contributed by atoms with Gasteiger partial charge in [-0.1, -0.05) is 12.1 Å². The monoisotopic (exact) mass is 356 g/mol. The molecule has 1 aliphatic heterocycles. The van der Waals surface area contributed by atoms with Crippen LogP contribution in [0.3, 0.4) is 0 Å². The predicted octanol–water partition coefficient (Wildman–Crippen LogP) is 3.31. The van der Waals surface area contributed by atoms with Gasteiger partial charge in [0, 0.05) is 20.1 Å². The van der Waals surface area contributed by atoms with Crippen molar-refractivity contribution in [2.45, 2.75) is 19.3 Å². The van der Waals surface area contributed by atoms with E-state index in [1.54, 1.807) is 30.4 Å². The molecule has 0 atom stereocenters. The fraction of sp³-hybridized carbons (Fsp3) is 0.476. The summed E-state index contributed by atoms with van der Waals surface area (Å²) in [5.41, 5.74) is 1.34. The molecule has 0 aliphatic carbocycles. The van der Waals surface area contributed by atoms with E-state index >= 15 is 0 Å². The van der Waals surface area contributed by atoms with E-state index < -0.39 is 0 Å². The maximum absolute atomic E-state index is 12.3. The first-order chi connectivity index (χ1) is 12.7. The van der Waals surface area contributed by atoms with Gasteiger partial charge in [-0.2, -0.15) is 0 Å². The van der Waals surface area contributed by atoms with Crippen LogP contribution in [0.4, 0.5) is 0 Å². The van der Waals surface area contributed by atoms with E-state index in [2.05, 4.69) is 17.0 Å². The highest BCUT2D eigenvalue weighted by Crippen LogP contribution is 2.20. The molecule has 0 N–H and O–H groups in total. The van der Waals surface area contributed by atoms with Gasteiger partial charge in [-0.15, -0.1) is 0 Å². The van der Waals surface area contributed by atoms with Gasteiger partial charge in [-0.3, -0.25) is 4.79 Å². The number of carbonyl (C=O) groups excluding carboxylic acids is 1. The molecule has 0 spiro atoms. The lowest BCUT2D eigenvalue weighted by atomic mass is 9.96. The van der Waals surface area contributed by atoms with Crippen molar-refractivity contribution in [3.63, 3.8) is 0 Å². The van der Waals surface area contributed by atoms with Crippen LogP contribution in [0.25, 0.3) is 0 Å². The summed E-state index contributed by atoms with van der Waals surface area (Å²) in [5.74, 6) is 1.86. The molecule has 1 aliphatic rings. The zero-order valence-electron chi connectivity index (χ0n) is 15.7. The fourth-order valence-electron chi connectivity index (χ4n) is 3.53. The molecular weight excluding hydrogens is 328 g/mol. The standard InChI is InChI=1S/C21H28N2O3/c1-22(21(24)20-4-3-15-26-20)16-18-10-13-23(14-11-18)12-9-17-5-7-19(25-2)8-6-17/h3-8,15,18H,9-14,16H2,1-2H3. The number of methoxy groups -OCH3 is 1. The fourth-order valence-corrected chi connectivity index (χ4v) is 3.53. The van der Waals surface area contributed by atoms with Crippen molar-refractivity contribution in [2.24, 2.45) is 5.92 Å². The molecule has 1 saturated heterocycles. The first kappa shape index (κ1) is 18.5. The molecule has 140 valence electrons. The van der Waals surface area contributed by atoms with Crippen LogP contribution >= 0.6 is 0 Å². The highest BCUT2D eigenvalue weighted by Gasteiger charge is 2.23. The van der Waals surface area contributed by atoms with Crippen LogP contribution in [0.15, 0.2) is 47.1 Å². The van der Waals surface area contributed by atoms with Crippen molar-refractivity contribution in [3.8, 4) is 5.75 Å². The van der Waals surface area contributed by atoms with E-state index in [9.17, 15) is 4.79 Å². The summed E-state index contributed by atoms with van der Waals surface area (Å²) in [6, 6.07) is 11.8. The first-order valence-corrected chi connectivity index (χ1v) is 9.30. The Morgan fingerprint density at radius 2 is 1.96 bits per heavy atom.